The highest BCUT2D eigenvalue weighted by Crippen LogP contribution is 2.52. The zero-order valence-corrected chi connectivity index (χ0v) is 18.3. The smallest absolute Gasteiger partial charge is 0.193 e. The molecule has 2 unspecified atom stereocenters. The number of benzene rings is 1. The normalized spacial score (nSPS) is 28.3. The van der Waals surface area contributed by atoms with Crippen molar-refractivity contribution in [2.24, 2.45) is 5.41 Å². The van der Waals surface area contributed by atoms with E-state index in [4.69, 9.17) is 9.47 Å². The molecule has 1 aromatic carbocycles. The number of hydrogen-bond donors (Lipinski definition) is 1. The second-order valence-electron chi connectivity index (χ2n) is 9.95. The Morgan fingerprint density at radius 1 is 1.10 bits per heavy atom. The quantitative estimate of drug-likeness (QED) is 0.445. The molecule has 1 aliphatic heterocycles. The van der Waals surface area contributed by atoms with Crippen molar-refractivity contribution in [3.05, 3.63) is 46.5 Å². The monoisotopic (exact) mass is 408 g/mol. The number of allylic oxidation sites excluding steroid dienone is 1. The van der Waals surface area contributed by atoms with Gasteiger partial charge in [-0.2, -0.15) is 0 Å². The van der Waals surface area contributed by atoms with Crippen LogP contribution in [-0.2, 0) is 14.3 Å². The summed E-state index contributed by atoms with van der Waals surface area (Å²) in [6.07, 6.45) is 5.54. The molecule has 2 aliphatic carbocycles. The minimum atomic E-state index is -0.836. The predicted molar refractivity (Wildman–Crippen MR) is 116 cm³/mol. The second-order valence-corrected chi connectivity index (χ2v) is 9.95. The van der Waals surface area contributed by atoms with Crippen LogP contribution < -0.4 is 0 Å². The highest BCUT2D eigenvalue weighted by atomic mass is 16.7. The largest absolute Gasteiger partial charge is 0.385 e. The third-order valence-electron chi connectivity index (χ3n) is 6.96. The Balaban J connectivity index is 1.57. The molecule has 1 saturated heterocycles. The number of aldehydes is 1. The first-order valence-electron chi connectivity index (χ1n) is 11.0. The van der Waals surface area contributed by atoms with Crippen LogP contribution in [0.4, 0.5) is 0 Å². The summed E-state index contributed by atoms with van der Waals surface area (Å²) in [5.41, 5.74) is 3.81. The van der Waals surface area contributed by atoms with Gasteiger partial charge in [0.25, 0.3) is 0 Å². The zero-order chi connectivity index (χ0) is 21.4. The molecule has 4 heteroatoms. The van der Waals surface area contributed by atoms with Crippen LogP contribution >= 0.6 is 0 Å². The Kier molecular flexibility index (Phi) is 5.66. The minimum absolute atomic E-state index is 0.0263. The first-order valence-corrected chi connectivity index (χ1v) is 11.0. The van der Waals surface area contributed by atoms with E-state index in [-0.39, 0.29) is 11.3 Å². The van der Waals surface area contributed by atoms with Crippen LogP contribution in [0.5, 0.6) is 0 Å². The molecule has 2 atom stereocenters. The summed E-state index contributed by atoms with van der Waals surface area (Å²) < 4.78 is 12.4. The molecule has 160 valence electrons. The third kappa shape index (κ3) is 4.12. The van der Waals surface area contributed by atoms with Gasteiger partial charge in [0.05, 0.1) is 18.8 Å². The molecule has 1 N–H and O–H groups in total. The van der Waals surface area contributed by atoms with E-state index in [2.05, 4.69) is 44.7 Å². The number of carbonyl (C=O) groups is 1. The summed E-state index contributed by atoms with van der Waals surface area (Å²) in [4.78, 5) is 10.4. The Hall–Kier alpha value is -1.93. The second kappa shape index (κ2) is 7.96. The molecule has 1 aromatic rings. The van der Waals surface area contributed by atoms with Crippen molar-refractivity contribution in [1.82, 2.24) is 0 Å². The number of carbonyl (C=O) groups excluding carboxylic acids is 1. The van der Waals surface area contributed by atoms with E-state index in [1.54, 1.807) is 0 Å². The molecule has 4 rings (SSSR count). The van der Waals surface area contributed by atoms with Crippen molar-refractivity contribution in [3.63, 3.8) is 0 Å². The topological polar surface area (TPSA) is 55.8 Å². The van der Waals surface area contributed by atoms with Gasteiger partial charge in [-0.25, -0.2) is 0 Å². The van der Waals surface area contributed by atoms with E-state index in [0.717, 1.165) is 37.7 Å². The maximum absolute atomic E-state index is 11.7. The van der Waals surface area contributed by atoms with Gasteiger partial charge in [0.15, 0.2) is 12.1 Å². The molecule has 1 saturated carbocycles. The zero-order valence-electron chi connectivity index (χ0n) is 18.3. The lowest BCUT2D eigenvalue weighted by molar-refractivity contribution is -0.322. The van der Waals surface area contributed by atoms with Crippen LogP contribution in [0.1, 0.15) is 76.3 Å². The van der Waals surface area contributed by atoms with Gasteiger partial charge in [-0.15, -0.1) is 0 Å². The molecule has 0 bridgehead atoms. The SMILES string of the molecule is CC(C1=C2CCC3(CC2(O)CCC1)OCC(C)(C)CO3)c1ccc(C#CC=O)cc1. The highest BCUT2D eigenvalue weighted by molar-refractivity contribution is 5.73. The van der Waals surface area contributed by atoms with Crippen LogP contribution in [0, 0.1) is 17.3 Å². The molecule has 1 spiro atoms. The fourth-order valence-corrected chi connectivity index (χ4v) is 5.24. The fraction of sp³-hybridized carbons (Fsp3) is 0.577. The summed E-state index contributed by atoms with van der Waals surface area (Å²) in [6, 6.07) is 8.09. The van der Waals surface area contributed by atoms with Gasteiger partial charge in [0.2, 0.25) is 0 Å². The van der Waals surface area contributed by atoms with E-state index < -0.39 is 11.4 Å². The van der Waals surface area contributed by atoms with Gasteiger partial charge >= 0.3 is 0 Å². The predicted octanol–water partition coefficient (Wildman–Crippen LogP) is 4.51. The van der Waals surface area contributed by atoms with E-state index in [1.165, 1.54) is 16.7 Å². The summed E-state index contributed by atoms with van der Waals surface area (Å²) in [7, 11) is 0. The van der Waals surface area contributed by atoms with E-state index in [1.807, 2.05) is 12.1 Å². The van der Waals surface area contributed by atoms with Gasteiger partial charge < -0.3 is 14.6 Å². The van der Waals surface area contributed by atoms with Crippen molar-refractivity contribution >= 4 is 6.29 Å². The van der Waals surface area contributed by atoms with Crippen LogP contribution in [0.15, 0.2) is 35.4 Å². The van der Waals surface area contributed by atoms with Crippen molar-refractivity contribution in [2.45, 2.75) is 76.6 Å². The Morgan fingerprint density at radius 3 is 2.47 bits per heavy atom. The molecule has 3 aliphatic rings. The lowest BCUT2D eigenvalue weighted by Gasteiger charge is -2.52. The number of ether oxygens (including phenoxy) is 2. The molecular formula is C26H32O4. The number of fused-ring (bicyclic) bond motifs is 1. The Labute approximate surface area is 179 Å². The van der Waals surface area contributed by atoms with E-state index in [0.29, 0.717) is 25.9 Å². The highest BCUT2D eigenvalue weighted by Gasteiger charge is 2.52. The van der Waals surface area contributed by atoms with Crippen molar-refractivity contribution in [3.8, 4) is 11.8 Å². The molecular weight excluding hydrogens is 376 g/mol. The van der Waals surface area contributed by atoms with Gasteiger partial charge in [0, 0.05) is 29.7 Å². The van der Waals surface area contributed by atoms with Crippen LogP contribution in [0.25, 0.3) is 0 Å². The maximum Gasteiger partial charge on any atom is 0.193 e. The molecule has 4 nitrogen and oxygen atoms in total. The van der Waals surface area contributed by atoms with Crippen molar-refractivity contribution in [1.29, 1.82) is 0 Å². The van der Waals surface area contributed by atoms with E-state index in [9.17, 15) is 9.90 Å². The molecule has 0 aromatic heterocycles. The fourth-order valence-electron chi connectivity index (χ4n) is 5.24. The Bertz CT molecular complexity index is 889. The van der Waals surface area contributed by atoms with Gasteiger partial charge in [-0.1, -0.05) is 44.4 Å². The number of rotatable bonds is 2. The van der Waals surface area contributed by atoms with E-state index >= 15 is 0 Å². The molecule has 0 amide bonds. The van der Waals surface area contributed by atoms with Gasteiger partial charge in [0.1, 0.15) is 0 Å². The molecule has 1 heterocycles. The van der Waals surface area contributed by atoms with Crippen molar-refractivity contribution < 1.29 is 19.4 Å². The number of aliphatic hydroxyl groups is 1. The third-order valence-corrected chi connectivity index (χ3v) is 6.96. The summed E-state index contributed by atoms with van der Waals surface area (Å²) in [6.45, 7) is 7.87. The maximum atomic E-state index is 11.7. The van der Waals surface area contributed by atoms with Gasteiger partial charge in [-0.3, -0.25) is 4.79 Å². The lowest BCUT2D eigenvalue weighted by atomic mass is 9.66. The first kappa shape index (κ1) is 21.3. The average Bonchev–Trinajstić information content (AvgIpc) is 2.73. The summed E-state index contributed by atoms with van der Waals surface area (Å²) in [5.74, 6) is 4.88. The first-order chi connectivity index (χ1) is 14.3. The van der Waals surface area contributed by atoms with Crippen LogP contribution in [0.3, 0.4) is 0 Å². The lowest BCUT2D eigenvalue weighted by Crippen LogP contribution is -2.56. The number of hydrogen-bond acceptors (Lipinski definition) is 4. The van der Waals surface area contributed by atoms with Crippen molar-refractivity contribution in [2.75, 3.05) is 13.2 Å². The summed E-state index contributed by atoms with van der Waals surface area (Å²) >= 11 is 0. The molecule has 30 heavy (non-hydrogen) atoms. The molecule has 0 radical (unpaired) electrons. The standard InChI is InChI=1S/C26H32O4/c1-19(21-10-8-20(9-11-21)6-5-15-27)22-7-4-13-25(28)16-26(14-12-23(22)25)29-17-24(2,3)18-30-26/h8-11,15,19,28H,4,7,12-14,16-18H2,1-3H3. The van der Waals surface area contributed by atoms with Gasteiger partial charge in [-0.05, 0) is 54.9 Å². The minimum Gasteiger partial charge on any atom is -0.385 e. The molecule has 2 fully saturated rings. The Morgan fingerprint density at radius 2 is 1.80 bits per heavy atom. The van der Waals surface area contributed by atoms with Crippen LogP contribution in [0.2, 0.25) is 0 Å². The average molecular weight is 409 g/mol. The summed E-state index contributed by atoms with van der Waals surface area (Å²) in [5, 5.41) is 11.7. The van der Waals surface area contributed by atoms with Crippen LogP contribution in [-0.4, -0.2) is 36.0 Å².